The highest BCUT2D eigenvalue weighted by Crippen LogP contribution is 2.18. The van der Waals surface area contributed by atoms with Crippen LogP contribution in [-0.2, 0) is 6.54 Å². The summed E-state index contributed by atoms with van der Waals surface area (Å²) >= 11 is 0. The van der Waals surface area contributed by atoms with Gasteiger partial charge in [0.15, 0.2) is 11.6 Å². The average Bonchev–Trinajstić information content (AvgIpc) is 2.64. The molecule has 0 saturated carbocycles. The first kappa shape index (κ1) is 16.5. The van der Waals surface area contributed by atoms with E-state index in [0.717, 1.165) is 17.8 Å². The van der Waals surface area contributed by atoms with E-state index in [1.54, 1.807) is 18.3 Å². The molecule has 0 fully saturated rings. The Morgan fingerprint density at radius 3 is 2.48 bits per heavy atom. The standard InChI is InChI=1S/C18H14F2N4O/c19-15-6-4-12(9-16(15)20)24-14-5-7-17(22-11-14)18(25)23-10-13-3-1-2-8-21-13/h1-9,11,24H,10H2,(H,23,25). The lowest BCUT2D eigenvalue weighted by Crippen LogP contribution is -2.24. The van der Waals surface area contributed by atoms with Crippen LogP contribution >= 0.6 is 0 Å². The third kappa shape index (κ3) is 4.35. The monoisotopic (exact) mass is 340 g/mol. The summed E-state index contributed by atoms with van der Waals surface area (Å²) in [5.41, 5.74) is 1.92. The number of rotatable bonds is 5. The molecule has 2 N–H and O–H groups in total. The molecular formula is C18H14F2N4O. The zero-order valence-corrected chi connectivity index (χ0v) is 13.0. The first-order valence-corrected chi connectivity index (χ1v) is 7.48. The number of carbonyl (C=O) groups excluding carboxylic acids is 1. The Labute approximate surface area is 142 Å². The van der Waals surface area contributed by atoms with Gasteiger partial charge in [-0.15, -0.1) is 0 Å². The molecule has 0 saturated heterocycles. The Bertz CT molecular complexity index is 870. The van der Waals surface area contributed by atoms with Crippen molar-refractivity contribution in [1.29, 1.82) is 0 Å². The number of hydrogen-bond donors (Lipinski definition) is 2. The van der Waals surface area contributed by atoms with E-state index in [-0.39, 0.29) is 11.6 Å². The van der Waals surface area contributed by atoms with Crippen LogP contribution in [0.4, 0.5) is 20.2 Å². The maximum Gasteiger partial charge on any atom is 0.270 e. The predicted octanol–water partition coefficient (Wildman–Crippen LogP) is 3.43. The van der Waals surface area contributed by atoms with Gasteiger partial charge in [-0.05, 0) is 36.4 Å². The van der Waals surface area contributed by atoms with Gasteiger partial charge in [0.05, 0.1) is 24.1 Å². The number of carbonyl (C=O) groups is 1. The number of halogens is 2. The molecule has 0 unspecified atom stereocenters. The zero-order chi connectivity index (χ0) is 17.6. The van der Waals surface area contributed by atoms with E-state index in [4.69, 9.17) is 0 Å². The third-order valence-corrected chi connectivity index (χ3v) is 3.36. The fourth-order valence-corrected chi connectivity index (χ4v) is 2.11. The highest BCUT2D eigenvalue weighted by Gasteiger charge is 2.08. The second-order valence-corrected chi connectivity index (χ2v) is 5.19. The first-order chi connectivity index (χ1) is 12.1. The van der Waals surface area contributed by atoms with Crippen LogP contribution in [-0.4, -0.2) is 15.9 Å². The molecule has 3 aromatic rings. The van der Waals surface area contributed by atoms with Crippen LogP contribution in [0.1, 0.15) is 16.2 Å². The molecule has 1 aromatic carbocycles. The van der Waals surface area contributed by atoms with Gasteiger partial charge in [-0.1, -0.05) is 6.07 Å². The van der Waals surface area contributed by atoms with Gasteiger partial charge in [-0.3, -0.25) is 9.78 Å². The highest BCUT2D eigenvalue weighted by molar-refractivity contribution is 5.92. The van der Waals surface area contributed by atoms with E-state index in [9.17, 15) is 13.6 Å². The van der Waals surface area contributed by atoms with E-state index in [1.165, 1.54) is 18.3 Å². The summed E-state index contributed by atoms with van der Waals surface area (Å²) in [5, 5.41) is 5.61. The molecule has 1 amide bonds. The van der Waals surface area contributed by atoms with Crippen molar-refractivity contribution >= 4 is 17.3 Å². The number of benzene rings is 1. The Morgan fingerprint density at radius 1 is 0.960 bits per heavy atom. The lowest BCUT2D eigenvalue weighted by atomic mass is 10.2. The van der Waals surface area contributed by atoms with Crippen molar-refractivity contribution in [2.45, 2.75) is 6.54 Å². The molecule has 0 aliphatic rings. The summed E-state index contributed by atoms with van der Waals surface area (Å²) in [5.74, 6) is -2.18. The average molecular weight is 340 g/mol. The maximum atomic E-state index is 13.2. The van der Waals surface area contributed by atoms with Gasteiger partial charge < -0.3 is 10.6 Å². The Morgan fingerprint density at radius 2 is 1.80 bits per heavy atom. The van der Waals surface area contributed by atoms with Crippen molar-refractivity contribution in [3.63, 3.8) is 0 Å². The predicted molar refractivity (Wildman–Crippen MR) is 89.3 cm³/mol. The minimum Gasteiger partial charge on any atom is -0.354 e. The van der Waals surface area contributed by atoms with E-state index in [0.29, 0.717) is 17.9 Å². The molecule has 0 spiro atoms. The van der Waals surface area contributed by atoms with Gasteiger partial charge in [0.2, 0.25) is 0 Å². The van der Waals surface area contributed by atoms with Gasteiger partial charge in [0, 0.05) is 18.0 Å². The molecular weight excluding hydrogens is 326 g/mol. The maximum absolute atomic E-state index is 13.2. The number of nitrogens with zero attached hydrogens (tertiary/aromatic N) is 2. The molecule has 126 valence electrons. The molecule has 2 aromatic heterocycles. The SMILES string of the molecule is O=C(NCc1ccccn1)c1ccc(Nc2ccc(F)c(F)c2)cn1. The van der Waals surface area contributed by atoms with Gasteiger partial charge in [0.25, 0.3) is 5.91 Å². The summed E-state index contributed by atoms with van der Waals surface area (Å²) in [7, 11) is 0. The van der Waals surface area contributed by atoms with E-state index in [1.807, 2.05) is 12.1 Å². The molecule has 0 radical (unpaired) electrons. The quantitative estimate of drug-likeness (QED) is 0.747. The zero-order valence-electron chi connectivity index (χ0n) is 13.0. The van der Waals surface area contributed by atoms with Crippen molar-refractivity contribution in [1.82, 2.24) is 15.3 Å². The Kier molecular flexibility index (Phi) is 4.94. The van der Waals surface area contributed by atoms with E-state index in [2.05, 4.69) is 20.6 Å². The first-order valence-electron chi connectivity index (χ1n) is 7.48. The van der Waals surface area contributed by atoms with E-state index < -0.39 is 11.6 Å². The van der Waals surface area contributed by atoms with E-state index >= 15 is 0 Å². The molecule has 0 atom stereocenters. The number of pyridine rings is 2. The molecule has 2 heterocycles. The van der Waals surface area contributed by atoms with Crippen LogP contribution in [0.2, 0.25) is 0 Å². The third-order valence-electron chi connectivity index (χ3n) is 3.36. The molecule has 7 heteroatoms. The molecule has 5 nitrogen and oxygen atoms in total. The van der Waals surface area contributed by atoms with Crippen LogP contribution in [0, 0.1) is 11.6 Å². The van der Waals surface area contributed by atoms with Gasteiger partial charge in [0.1, 0.15) is 5.69 Å². The van der Waals surface area contributed by atoms with Crippen molar-refractivity contribution in [3.05, 3.63) is 83.9 Å². The van der Waals surface area contributed by atoms with Crippen LogP contribution in [0.25, 0.3) is 0 Å². The molecule has 0 aliphatic carbocycles. The second kappa shape index (κ2) is 7.48. The molecule has 0 aliphatic heterocycles. The smallest absolute Gasteiger partial charge is 0.270 e. The molecule has 3 rings (SSSR count). The summed E-state index contributed by atoms with van der Waals surface area (Å²) in [4.78, 5) is 20.2. The summed E-state index contributed by atoms with van der Waals surface area (Å²) in [6, 6.07) is 12.1. The number of nitrogens with one attached hydrogen (secondary N) is 2. The van der Waals surface area contributed by atoms with Gasteiger partial charge >= 0.3 is 0 Å². The summed E-state index contributed by atoms with van der Waals surface area (Å²) < 4.78 is 26.1. The Balaban J connectivity index is 1.61. The summed E-state index contributed by atoms with van der Waals surface area (Å²) in [6.07, 6.45) is 3.09. The fraction of sp³-hybridized carbons (Fsp3) is 0.0556. The normalized spacial score (nSPS) is 10.3. The minimum absolute atomic E-state index is 0.242. The summed E-state index contributed by atoms with van der Waals surface area (Å²) in [6.45, 7) is 0.302. The minimum atomic E-state index is -0.941. The fourth-order valence-electron chi connectivity index (χ4n) is 2.11. The number of amides is 1. The molecule has 0 bridgehead atoms. The van der Waals surface area contributed by atoms with Crippen molar-refractivity contribution in [3.8, 4) is 0 Å². The lowest BCUT2D eigenvalue weighted by Gasteiger charge is -2.08. The Hall–Kier alpha value is -3.35. The van der Waals surface area contributed by atoms with Crippen LogP contribution in [0.3, 0.4) is 0 Å². The number of aromatic nitrogens is 2. The van der Waals surface area contributed by atoms with Crippen molar-refractivity contribution in [2.24, 2.45) is 0 Å². The number of hydrogen-bond acceptors (Lipinski definition) is 4. The largest absolute Gasteiger partial charge is 0.354 e. The van der Waals surface area contributed by atoms with Gasteiger partial charge in [-0.2, -0.15) is 0 Å². The lowest BCUT2D eigenvalue weighted by molar-refractivity contribution is 0.0945. The topological polar surface area (TPSA) is 66.9 Å². The number of anilines is 2. The van der Waals surface area contributed by atoms with Gasteiger partial charge in [-0.25, -0.2) is 13.8 Å². The highest BCUT2D eigenvalue weighted by atomic mass is 19.2. The van der Waals surface area contributed by atoms with Crippen molar-refractivity contribution < 1.29 is 13.6 Å². The second-order valence-electron chi connectivity index (χ2n) is 5.19. The van der Waals surface area contributed by atoms with Crippen LogP contribution in [0.15, 0.2) is 60.9 Å². The van der Waals surface area contributed by atoms with Crippen LogP contribution < -0.4 is 10.6 Å². The van der Waals surface area contributed by atoms with Crippen LogP contribution in [0.5, 0.6) is 0 Å². The van der Waals surface area contributed by atoms with Crippen molar-refractivity contribution in [2.75, 3.05) is 5.32 Å². The molecule has 25 heavy (non-hydrogen) atoms.